The number of hydrogen-bond donors (Lipinski definition) is 3. The predicted molar refractivity (Wildman–Crippen MR) is 109 cm³/mol. The fraction of sp³-hybridized carbons (Fsp3) is 0.476. The van der Waals surface area contributed by atoms with Gasteiger partial charge in [0.25, 0.3) is 0 Å². The number of carbonyl (C=O) groups excluding carboxylic acids is 1. The molecule has 1 aliphatic carbocycles. The van der Waals surface area contributed by atoms with Gasteiger partial charge >= 0.3 is 5.97 Å². The van der Waals surface area contributed by atoms with Gasteiger partial charge in [-0.15, -0.1) is 0 Å². The molecule has 5 rings (SSSR count). The molecule has 0 spiro atoms. The Hall–Kier alpha value is -2.52. The number of aliphatic hydroxyl groups is 1. The van der Waals surface area contributed by atoms with E-state index in [1.54, 1.807) is 13.0 Å². The minimum absolute atomic E-state index is 0.0292. The van der Waals surface area contributed by atoms with E-state index in [1.165, 1.54) is 28.4 Å². The molecule has 1 amide bonds. The van der Waals surface area contributed by atoms with Crippen LogP contribution in [-0.2, 0) is 9.59 Å². The van der Waals surface area contributed by atoms with Crippen molar-refractivity contribution < 1.29 is 24.2 Å². The van der Waals surface area contributed by atoms with Crippen LogP contribution in [0.4, 0.5) is 9.52 Å². The molecule has 3 heterocycles. The van der Waals surface area contributed by atoms with Gasteiger partial charge < -0.3 is 20.4 Å². The third-order valence-electron chi connectivity index (χ3n) is 6.59. The fourth-order valence-corrected chi connectivity index (χ4v) is 6.29. The fourth-order valence-electron chi connectivity index (χ4n) is 5.40. The number of thiazole rings is 1. The van der Waals surface area contributed by atoms with Crippen LogP contribution in [0.1, 0.15) is 26.2 Å². The molecular weight excluding hydrogens is 409 g/mol. The minimum Gasteiger partial charge on any atom is -0.477 e. The average Bonchev–Trinajstić information content (AvgIpc) is 3.22. The number of amides is 1. The van der Waals surface area contributed by atoms with Crippen LogP contribution in [0.25, 0.3) is 10.2 Å². The summed E-state index contributed by atoms with van der Waals surface area (Å²) in [5.74, 6) is -2.29. The molecule has 1 aromatic carbocycles. The second kappa shape index (κ2) is 7.02. The maximum Gasteiger partial charge on any atom is 0.352 e. The summed E-state index contributed by atoms with van der Waals surface area (Å²) in [7, 11) is 0. The van der Waals surface area contributed by atoms with E-state index in [-0.39, 0.29) is 35.3 Å². The van der Waals surface area contributed by atoms with Gasteiger partial charge in [-0.25, -0.2) is 14.2 Å². The highest BCUT2D eigenvalue weighted by atomic mass is 32.1. The first kappa shape index (κ1) is 19.4. The number of nitrogens with zero attached hydrogens (tertiary/aromatic N) is 2. The first-order chi connectivity index (χ1) is 14.4. The number of β-lactam (4-membered cyclic amide) rings is 1. The summed E-state index contributed by atoms with van der Waals surface area (Å²) < 4.78 is 14.2. The van der Waals surface area contributed by atoms with E-state index in [2.05, 4.69) is 10.3 Å². The van der Waals surface area contributed by atoms with Crippen molar-refractivity contribution in [3.05, 3.63) is 35.3 Å². The van der Waals surface area contributed by atoms with E-state index in [1.807, 2.05) is 0 Å². The highest BCUT2D eigenvalue weighted by molar-refractivity contribution is 7.22. The highest BCUT2D eigenvalue weighted by Crippen LogP contribution is 2.53. The normalized spacial score (nSPS) is 28.9. The van der Waals surface area contributed by atoms with E-state index in [9.17, 15) is 24.2 Å². The van der Waals surface area contributed by atoms with Crippen LogP contribution in [-0.4, -0.2) is 50.7 Å². The second-order valence-corrected chi connectivity index (χ2v) is 9.35. The third kappa shape index (κ3) is 2.83. The van der Waals surface area contributed by atoms with E-state index < -0.39 is 18.0 Å². The number of halogens is 1. The number of aliphatic hydroxyl groups excluding tert-OH is 1. The molecule has 2 aromatic rings. The van der Waals surface area contributed by atoms with Gasteiger partial charge in [0.1, 0.15) is 11.5 Å². The van der Waals surface area contributed by atoms with Gasteiger partial charge in [0.2, 0.25) is 5.91 Å². The number of fused-ring (bicyclic) bond motifs is 4. The van der Waals surface area contributed by atoms with E-state index in [0.717, 1.165) is 29.5 Å². The lowest BCUT2D eigenvalue weighted by atomic mass is 9.69. The standard InChI is InChI=1S/C21H22FN3O4S/c1-9(26)15-17-12-4-2-3-10(16(12)18(20(28)29)25(17)19(15)27)8-23-21-24-13-6-5-11(22)7-14(13)30-21/h5-7,9-10,12,15,17,26H,2-4,8H2,1H3,(H,23,24)(H,28,29)/t9-,10-,12+,15-,17-/m1/s1. The monoisotopic (exact) mass is 431 g/mol. The molecule has 0 bridgehead atoms. The van der Waals surface area contributed by atoms with Crippen LogP contribution in [0.5, 0.6) is 0 Å². The summed E-state index contributed by atoms with van der Waals surface area (Å²) in [6.45, 7) is 2.09. The SMILES string of the molecule is C[C@@H](O)[C@H]1C(=O)N2C(C(=O)O)=C3[C@@H](CNc4nc5ccc(F)cc5s4)CCC[C@@H]3[C@H]12. The smallest absolute Gasteiger partial charge is 0.352 e. The van der Waals surface area contributed by atoms with E-state index >= 15 is 0 Å². The number of aliphatic carboxylic acids is 1. The number of aromatic nitrogens is 1. The molecule has 158 valence electrons. The first-order valence-corrected chi connectivity index (χ1v) is 11.0. The van der Waals surface area contributed by atoms with Gasteiger partial charge in [-0.05, 0) is 43.5 Å². The summed E-state index contributed by atoms with van der Waals surface area (Å²) in [5.41, 5.74) is 1.63. The van der Waals surface area contributed by atoms with Crippen molar-refractivity contribution in [3.63, 3.8) is 0 Å². The quantitative estimate of drug-likeness (QED) is 0.629. The molecule has 0 radical (unpaired) electrons. The largest absolute Gasteiger partial charge is 0.477 e. The van der Waals surface area contributed by atoms with Crippen LogP contribution >= 0.6 is 11.3 Å². The molecule has 1 aromatic heterocycles. The number of benzene rings is 1. The van der Waals surface area contributed by atoms with Crippen LogP contribution in [0.3, 0.4) is 0 Å². The number of carbonyl (C=O) groups is 2. The molecule has 5 atom stereocenters. The average molecular weight is 431 g/mol. The molecule has 3 N–H and O–H groups in total. The maximum atomic E-state index is 13.4. The van der Waals surface area contributed by atoms with E-state index in [4.69, 9.17) is 0 Å². The second-order valence-electron chi connectivity index (χ2n) is 8.32. The van der Waals surface area contributed by atoms with Gasteiger partial charge in [0, 0.05) is 18.4 Å². The maximum absolute atomic E-state index is 13.4. The van der Waals surface area contributed by atoms with Gasteiger partial charge in [0.05, 0.1) is 28.3 Å². The molecule has 7 nitrogen and oxygen atoms in total. The van der Waals surface area contributed by atoms with Crippen LogP contribution in [0, 0.1) is 23.6 Å². The Bertz CT molecular complexity index is 1080. The molecule has 3 aliphatic rings. The van der Waals surface area contributed by atoms with Crippen molar-refractivity contribution in [2.75, 3.05) is 11.9 Å². The minimum atomic E-state index is -1.09. The van der Waals surface area contributed by atoms with Gasteiger partial charge in [-0.2, -0.15) is 0 Å². The first-order valence-electron chi connectivity index (χ1n) is 10.1. The van der Waals surface area contributed by atoms with Crippen LogP contribution < -0.4 is 5.32 Å². The zero-order chi connectivity index (χ0) is 21.2. The number of anilines is 1. The molecule has 1 saturated carbocycles. The summed E-state index contributed by atoms with van der Waals surface area (Å²) in [6.07, 6.45) is 1.78. The molecule has 9 heteroatoms. The van der Waals surface area contributed by atoms with Crippen molar-refractivity contribution in [2.24, 2.45) is 17.8 Å². The molecule has 2 aliphatic heterocycles. The van der Waals surface area contributed by atoms with E-state index in [0.29, 0.717) is 17.2 Å². The van der Waals surface area contributed by atoms with Gasteiger partial charge in [-0.3, -0.25) is 4.79 Å². The summed E-state index contributed by atoms with van der Waals surface area (Å²) in [6, 6.07) is 4.20. The summed E-state index contributed by atoms with van der Waals surface area (Å²) >= 11 is 1.36. The van der Waals surface area contributed by atoms with Crippen molar-refractivity contribution >= 4 is 38.6 Å². The van der Waals surface area contributed by atoms with Crippen molar-refractivity contribution in [1.82, 2.24) is 9.88 Å². The Morgan fingerprint density at radius 3 is 2.97 bits per heavy atom. The lowest BCUT2D eigenvalue weighted by Crippen LogP contribution is -2.64. The Balaban J connectivity index is 1.42. The van der Waals surface area contributed by atoms with Crippen LogP contribution in [0.15, 0.2) is 29.5 Å². The molecule has 2 fully saturated rings. The number of carboxylic acid groups (broad SMARTS) is 1. The number of carboxylic acids is 1. The highest BCUT2D eigenvalue weighted by Gasteiger charge is 2.62. The molecular formula is C21H22FN3O4S. The Kier molecular flexibility index (Phi) is 4.55. The van der Waals surface area contributed by atoms with Crippen molar-refractivity contribution in [3.8, 4) is 0 Å². The lowest BCUT2D eigenvalue weighted by Gasteiger charge is -2.47. The Labute approximate surface area is 176 Å². The van der Waals surface area contributed by atoms with Crippen molar-refractivity contribution in [2.45, 2.75) is 38.3 Å². The number of nitrogens with one attached hydrogen (secondary N) is 1. The topological polar surface area (TPSA) is 103 Å². The van der Waals surface area contributed by atoms with Crippen LogP contribution in [0.2, 0.25) is 0 Å². The number of hydrogen-bond acceptors (Lipinski definition) is 6. The van der Waals surface area contributed by atoms with Crippen molar-refractivity contribution in [1.29, 1.82) is 0 Å². The molecule has 0 unspecified atom stereocenters. The number of rotatable bonds is 5. The predicted octanol–water partition coefficient (Wildman–Crippen LogP) is 2.82. The zero-order valence-corrected chi connectivity index (χ0v) is 17.2. The molecule has 1 saturated heterocycles. The van der Waals surface area contributed by atoms with Gasteiger partial charge in [0.15, 0.2) is 5.13 Å². The summed E-state index contributed by atoms with van der Waals surface area (Å²) in [4.78, 5) is 30.5. The zero-order valence-electron chi connectivity index (χ0n) is 16.3. The van der Waals surface area contributed by atoms with Gasteiger partial charge in [-0.1, -0.05) is 17.8 Å². The lowest BCUT2D eigenvalue weighted by molar-refractivity contribution is -0.163. The Morgan fingerprint density at radius 1 is 1.43 bits per heavy atom. The summed E-state index contributed by atoms with van der Waals surface area (Å²) in [5, 5.41) is 23.9. The Morgan fingerprint density at radius 2 is 2.23 bits per heavy atom. The third-order valence-corrected chi connectivity index (χ3v) is 7.57. The molecule has 30 heavy (non-hydrogen) atoms.